The Balaban J connectivity index is 1.63. The first kappa shape index (κ1) is 23.9. The average molecular weight is 544 g/mol. The summed E-state index contributed by atoms with van der Waals surface area (Å²) in [6.45, 7) is 4.15. The van der Waals surface area contributed by atoms with E-state index in [1.807, 2.05) is 68.4 Å². The predicted octanol–water partition coefficient (Wildman–Crippen LogP) is 7.04. The first-order chi connectivity index (χ1) is 17.4. The maximum atomic E-state index is 13.6. The number of halogens is 2. The lowest BCUT2D eigenvalue weighted by Gasteiger charge is -2.14. The van der Waals surface area contributed by atoms with Crippen molar-refractivity contribution in [3.63, 3.8) is 0 Å². The Labute approximate surface area is 216 Å². The molecular formula is C29H23BrFN3O2. The molecule has 0 aliphatic rings. The molecule has 5 aromatic rings. The topological polar surface area (TPSA) is 56.5 Å². The highest BCUT2D eigenvalue weighted by molar-refractivity contribution is 9.10. The molecule has 0 spiro atoms. The summed E-state index contributed by atoms with van der Waals surface area (Å²) in [5, 5.41) is 7.03. The first-order valence-electron chi connectivity index (χ1n) is 11.6. The molecule has 0 saturated carbocycles. The highest BCUT2D eigenvalue weighted by Crippen LogP contribution is 2.28. The SMILES string of the molecule is CC(C)c1nc2ccc(Br)cc2c(=O)n1N=Cc1c(OCc2cccc(F)c2)ccc2ccccc12. The lowest BCUT2D eigenvalue weighted by atomic mass is 10.0. The Morgan fingerprint density at radius 3 is 2.67 bits per heavy atom. The smallest absolute Gasteiger partial charge is 0.282 e. The van der Waals surface area contributed by atoms with E-state index in [0.29, 0.717) is 28.0 Å². The minimum Gasteiger partial charge on any atom is -0.488 e. The van der Waals surface area contributed by atoms with Crippen molar-refractivity contribution >= 4 is 43.8 Å². The van der Waals surface area contributed by atoms with Crippen molar-refractivity contribution in [1.29, 1.82) is 0 Å². The second-order valence-corrected chi connectivity index (χ2v) is 9.68. The third kappa shape index (κ3) is 4.79. The monoisotopic (exact) mass is 543 g/mol. The lowest BCUT2D eigenvalue weighted by Crippen LogP contribution is -2.23. The maximum absolute atomic E-state index is 13.6. The summed E-state index contributed by atoms with van der Waals surface area (Å²) in [5.41, 5.74) is 1.82. The van der Waals surface area contributed by atoms with Gasteiger partial charge in [0, 0.05) is 16.0 Å². The van der Waals surface area contributed by atoms with Gasteiger partial charge in [0.2, 0.25) is 0 Å². The Kier molecular flexibility index (Phi) is 6.65. The van der Waals surface area contributed by atoms with Crippen LogP contribution >= 0.6 is 15.9 Å². The van der Waals surface area contributed by atoms with Crippen LogP contribution in [0.2, 0.25) is 0 Å². The van der Waals surface area contributed by atoms with Gasteiger partial charge in [0.05, 0.1) is 17.1 Å². The number of ether oxygens (including phenoxy) is 1. The molecule has 4 aromatic carbocycles. The maximum Gasteiger partial charge on any atom is 0.282 e. The van der Waals surface area contributed by atoms with Crippen molar-refractivity contribution < 1.29 is 9.13 Å². The van der Waals surface area contributed by atoms with E-state index < -0.39 is 0 Å². The van der Waals surface area contributed by atoms with Crippen LogP contribution in [0.5, 0.6) is 5.75 Å². The molecule has 0 bridgehead atoms. The van der Waals surface area contributed by atoms with Crippen molar-refractivity contribution in [2.24, 2.45) is 5.10 Å². The van der Waals surface area contributed by atoms with Gasteiger partial charge in [0.1, 0.15) is 24.0 Å². The van der Waals surface area contributed by atoms with Crippen LogP contribution in [0.1, 0.15) is 36.7 Å². The quantitative estimate of drug-likeness (QED) is 0.216. The zero-order chi connectivity index (χ0) is 25.2. The highest BCUT2D eigenvalue weighted by atomic mass is 79.9. The van der Waals surface area contributed by atoms with Crippen LogP contribution in [0, 0.1) is 5.82 Å². The van der Waals surface area contributed by atoms with Gasteiger partial charge in [-0.3, -0.25) is 4.79 Å². The Hall–Kier alpha value is -3.84. The summed E-state index contributed by atoms with van der Waals surface area (Å²) in [6, 6.07) is 23.5. The van der Waals surface area contributed by atoms with Crippen molar-refractivity contribution in [2.75, 3.05) is 0 Å². The molecule has 36 heavy (non-hydrogen) atoms. The molecule has 0 fully saturated rings. The van der Waals surface area contributed by atoms with Crippen LogP contribution < -0.4 is 10.3 Å². The van der Waals surface area contributed by atoms with Crippen LogP contribution in [-0.2, 0) is 6.61 Å². The average Bonchev–Trinajstić information content (AvgIpc) is 2.87. The molecule has 0 saturated heterocycles. The molecule has 180 valence electrons. The highest BCUT2D eigenvalue weighted by Gasteiger charge is 2.15. The van der Waals surface area contributed by atoms with Gasteiger partial charge < -0.3 is 4.74 Å². The van der Waals surface area contributed by atoms with Gasteiger partial charge in [-0.2, -0.15) is 9.78 Å². The number of nitrogens with zero attached hydrogens (tertiary/aromatic N) is 3. The molecule has 0 unspecified atom stereocenters. The van der Waals surface area contributed by atoms with E-state index in [1.165, 1.54) is 16.8 Å². The third-order valence-corrected chi connectivity index (χ3v) is 6.36. The molecular weight excluding hydrogens is 521 g/mol. The van der Waals surface area contributed by atoms with Crippen LogP contribution in [0.3, 0.4) is 0 Å². The molecule has 5 rings (SSSR count). The largest absolute Gasteiger partial charge is 0.488 e. The summed E-state index contributed by atoms with van der Waals surface area (Å²) in [5.74, 6) is 0.803. The van der Waals surface area contributed by atoms with Crippen molar-refractivity contribution in [3.05, 3.63) is 116 Å². The van der Waals surface area contributed by atoms with E-state index >= 15 is 0 Å². The summed E-state index contributed by atoms with van der Waals surface area (Å²) >= 11 is 3.44. The van der Waals surface area contributed by atoms with Gasteiger partial charge >= 0.3 is 0 Å². The predicted molar refractivity (Wildman–Crippen MR) is 145 cm³/mol. The number of benzene rings is 4. The minimum absolute atomic E-state index is 0.0286. The molecule has 0 radical (unpaired) electrons. The van der Waals surface area contributed by atoms with E-state index in [9.17, 15) is 9.18 Å². The lowest BCUT2D eigenvalue weighted by molar-refractivity contribution is 0.305. The van der Waals surface area contributed by atoms with Gasteiger partial charge in [-0.25, -0.2) is 9.37 Å². The van der Waals surface area contributed by atoms with Crippen molar-refractivity contribution in [2.45, 2.75) is 26.4 Å². The van der Waals surface area contributed by atoms with Crippen LogP contribution in [0.4, 0.5) is 4.39 Å². The van der Waals surface area contributed by atoms with Crippen LogP contribution in [0.25, 0.3) is 21.7 Å². The number of hydrogen-bond acceptors (Lipinski definition) is 4. The molecule has 0 N–H and O–H groups in total. The molecule has 0 amide bonds. The molecule has 7 heteroatoms. The number of aromatic nitrogens is 2. The Bertz CT molecular complexity index is 1680. The summed E-state index contributed by atoms with van der Waals surface area (Å²) in [7, 11) is 0. The number of hydrogen-bond donors (Lipinski definition) is 0. The number of fused-ring (bicyclic) bond motifs is 2. The Morgan fingerprint density at radius 2 is 1.86 bits per heavy atom. The van der Waals surface area contributed by atoms with E-state index in [-0.39, 0.29) is 23.9 Å². The van der Waals surface area contributed by atoms with Gasteiger partial charge in [-0.15, -0.1) is 0 Å². The zero-order valence-electron chi connectivity index (χ0n) is 19.8. The van der Waals surface area contributed by atoms with Gasteiger partial charge in [-0.1, -0.05) is 72.2 Å². The third-order valence-electron chi connectivity index (χ3n) is 5.87. The second kappa shape index (κ2) is 10.0. The molecule has 1 heterocycles. The standard InChI is InChI=1S/C29H23BrFN3O2/c1-18(2)28-33-26-12-11-21(30)15-24(26)29(35)34(28)32-16-25-23-9-4-3-7-20(23)10-13-27(25)36-17-19-6-5-8-22(31)14-19/h3-16,18H,17H2,1-2H3. The molecule has 5 nitrogen and oxygen atoms in total. The fraction of sp³-hybridized carbons (Fsp3) is 0.138. The van der Waals surface area contributed by atoms with Crippen LogP contribution in [-0.4, -0.2) is 15.9 Å². The molecule has 0 aliphatic carbocycles. The first-order valence-corrected chi connectivity index (χ1v) is 12.4. The van der Waals surface area contributed by atoms with E-state index in [1.54, 1.807) is 18.3 Å². The normalized spacial score (nSPS) is 11.7. The molecule has 1 aromatic heterocycles. The fourth-order valence-electron chi connectivity index (χ4n) is 4.09. The van der Waals surface area contributed by atoms with E-state index in [2.05, 4.69) is 21.0 Å². The summed E-state index contributed by atoms with van der Waals surface area (Å²) in [4.78, 5) is 18.2. The van der Waals surface area contributed by atoms with Gasteiger partial charge in [0.25, 0.3) is 5.56 Å². The van der Waals surface area contributed by atoms with Crippen LogP contribution in [0.15, 0.2) is 93.2 Å². The van der Waals surface area contributed by atoms with Crippen molar-refractivity contribution in [3.8, 4) is 5.75 Å². The molecule has 0 atom stereocenters. The second-order valence-electron chi connectivity index (χ2n) is 8.76. The van der Waals surface area contributed by atoms with E-state index in [4.69, 9.17) is 9.72 Å². The van der Waals surface area contributed by atoms with E-state index in [0.717, 1.165) is 20.8 Å². The fourth-order valence-corrected chi connectivity index (χ4v) is 4.45. The van der Waals surface area contributed by atoms with Gasteiger partial charge in [-0.05, 0) is 52.7 Å². The number of rotatable bonds is 6. The zero-order valence-corrected chi connectivity index (χ0v) is 21.4. The van der Waals surface area contributed by atoms with Crippen molar-refractivity contribution in [1.82, 2.24) is 9.66 Å². The minimum atomic E-state index is -0.313. The summed E-state index contributed by atoms with van der Waals surface area (Å²) < 4.78 is 21.9. The molecule has 0 aliphatic heterocycles. The summed E-state index contributed by atoms with van der Waals surface area (Å²) in [6.07, 6.45) is 1.64. The Morgan fingerprint density at radius 1 is 1.03 bits per heavy atom. The van der Waals surface area contributed by atoms with Gasteiger partial charge in [0.15, 0.2) is 0 Å².